The number of anilines is 1. The zero-order chi connectivity index (χ0) is 16.9. The third-order valence-electron chi connectivity index (χ3n) is 3.43. The van der Waals surface area contributed by atoms with Crippen LogP contribution in [0, 0.1) is 0 Å². The minimum absolute atomic E-state index is 0.0807. The highest BCUT2D eigenvalue weighted by Crippen LogP contribution is 2.24. The molecule has 0 spiro atoms. The lowest BCUT2D eigenvalue weighted by molar-refractivity contribution is -0.116. The Balaban J connectivity index is 1.45. The summed E-state index contributed by atoms with van der Waals surface area (Å²) in [6, 6.07) is 5.80. The largest absolute Gasteiger partial charge is 0.339 e. The van der Waals surface area contributed by atoms with Crippen LogP contribution in [0.1, 0.15) is 44.3 Å². The average Bonchev–Trinajstić information content (AvgIpc) is 3.28. The predicted octanol–water partition coefficient (Wildman–Crippen LogP) is 3.61. The minimum atomic E-state index is -0.0807. The second kappa shape index (κ2) is 7.39. The van der Waals surface area contributed by atoms with Crippen LogP contribution in [0.4, 0.5) is 5.82 Å². The molecule has 0 aliphatic heterocycles. The molecule has 3 rings (SSSR count). The van der Waals surface area contributed by atoms with Gasteiger partial charge in [-0.15, -0.1) is 11.3 Å². The number of nitrogens with one attached hydrogen (secondary N) is 2. The third-order valence-corrected chi connectivity index (χ3v) is 4.33. The molecule has 3 heterocycles. The number of H-pyrrole nitrogens is 1. The molecule has 0 aromatic carbocycles. The van der Waals surface area contributed by atoms with Gasteiger partial charge in [-0.2, -0.15) is 10.1 Å². The normalized spacial score (nSPS) is 11.1. The van der Waals surface area contributed by atoms with Crippen molar-refractivity contribution in [1.29, 1.82) is 0 Å². The number of carbonyl (C=O) groups excluding carboxylic acids is 1. The van der Waals surface area contributed by atoms with E-state index >= 15 is 0 Å². The number of aromatic nitrogens is 4. The average molecular weight is 345 g/mol. The molecule has 2 N–H and O–H groups in total. The number of thiophene rings is 1. The number of aromatic amines is 1. The molecule has 8 heteroatoms. The molecule has 24 heavy (non-hydrogen) atoms. The van der Waals surface area contributed by atoms with Crippen LogP contribution < -0.4 is 5.32 Å². The number of hydrogen-bond donors (Lipinski definition) is 2. The Kier molecular flexibility index (Phi) is 5.05. The van der Waals surface area contributed by atoms with Crippen molar-refractivity contribution in [3.05, 3.63) is 35.3 Å². The Bertz CT molecular complexity index is 791. The number of hydrogen-bond acceptors (Lipinski definition) is 6. The van der Waals surface area contributed by atoms with Crippen molar-refractivity contribution < 1.29 is 9.32 Å². The third kappa shape index (κ3) is 4.08. The molecule has 0 saturated carbocycles. The summed E-state index contributed by atoms with van der Waals surface area (Å²) in [4.78, 5) is 17.4. The molecule has 3 aromatic rings. The molecule has 0 bridgehead atoms. The smallest absolute Gasteiger partial charge is 0.226 e. The first-order valence-corrected chi connectivity index (χ1v) is 8.71. The molecular formula is C16H19N5O2S. The van der Waals surface area contributed by atoms with E-state index in [1.165, 1.54) is 0 Å². The van der Waals surface area contributed by atoms with Crippen LogP contribution in [-0.2, 0) is 11.2 Å². The van der Waals surface area contributed by atoms with Gasteiger partial charge < -0.3 is 9.84 Å². The van der Waals surface area contributed by atoms with Gasteiger partial charge in [0, 0.05) is 24.8 Å². The van der Waals surface area contributed by atoms with Crippen molar-refractivity contribution in [3.8, 4) is 10.6 Å². The molecule has 0 aliphatic rings. The Morgan fingerprint density at radius 1 is 1.46 bits per heavy atom. The zero-order valence-corrected chi connectivity index (χ0v) is 14.4. The van der Waals surface area contributed by atoms with Crippen LogP contribution in [-0.4, -0.2) is 26.2 Å². The molecule has 7 nitrogen and oxygen atoms in total. The van der Waals surface area contributed by atoms with Gasteiger partial charge in [-0.1, -0.05) is 25.1 Å². The minimum Gasteiger partial charge on any atom is -0.339 e. The SMILES string of the molecule is CC(C)c1noc(CCCC(=O)Nc2cc(-c3cccs3)[nH]n2)n1. The fraction of sp³-hybridized carbons (Fsp3) is 0.375. The summed E-state index contributed by atoms with van der Waals surface area (Å²) < 4.78 is 5.16. The van der Waals surface area contributed by atoms with Gasteiger partial charge in [-0.05, 0) is 17.9 Å². The number of carbonyl (C=O) groups is 1. The first-order valence-electron chi connectivity index (χ1n) is 7.83. The number of amides is 1. The number of rotatable bonds is 7. The van der Waals surface area contributed by atoms with Gasteiger partial charge >= 0.3 is 0 Å². The molecule has 0 fully saturated rings. The maximum atomic E-state index is 12.0. The van der Waals surface area contributed by atoms with Crippen LogP contribution in [0.5, 0.6) is 0 Å². The van der Waals surface area contributed by atoms with Gasteiger partial charge in [0.15, 0.2) is 11.6 Å². The zero-order valence-electron chi connectivity index (χ0n) is 13.6. The molecule has 3 aromatic heterocycles. The van der Waals surface area contributed by atoms with E-state index in [-0.39, 0.29) is 11.8 Å². The van der Waals surface area contributed by atoms with Gasteiger partial charge in [0.05, 0.1) is 10.6 Å². The first-order chi connectivity index (χ1) is 11.6. The fourth-order valence-corrected chi connectivity index (χ4v) is 2.85. The second-order valence-corrected chi connectivity index (χ2v) is 6.69. The summed E-state index contributed by atoms with van der Waals surface area (Å²) in [5, 5.41) is 15.7. The van der Waals surface area contributed by atoms with Crippen molar-refractivity contribution in [2.24, 2.45) is 0 Å². The van der Waals surface area contributed by atoms with E-state index < -0.39 is 0 Å². The van der Waals surface area contributed by atoms with Crippen molar-refractivity contribution in [1.82, 2.24) is 20.3 Å². The molecule has 0 saturated heterocycles. The van der Waals surface area contributed by atoms with Crippen LogP contribution >= 0.6 is 11.3 Å². The molecule has 0 unspecified atom stereocenters. The van der Waals surface area contributed by atoms with Crippen LogP contribution in [0.15, 0.2) is 28.1 Å². The van der Waals surface area contributed by atoms with Crippen molar-refractivity contribution >= 4 is 23.1 Å². The van der Waals surface area contributed by atoms with Crippen molar-refractivity contribution in [2.45, 2.75) is 39.0 Å². The Hall–Kier alpha value is -2.48. The standard InChI is InChI=1S/C16H19N5O2S/c1-10(2)16-18-15(23-21-16)7-3-6-14(22)17-13-9-11(19-20-13)12-5-4-8-24-12/h4-5,8-10H,3,6-7H2,1-2H3,(H2,17,19,20,22). The van der Waals surface area contributed by atoms with E-state index in [2.05, 4.69) is 25.7 Å². The van der Waals surface area contributed by atoms with E-state index in [9.17, 15) is 4.79 Å². The maximum absolute atomic E-state index is 12.0. The summed E-state index contributed by atoms with van der Waals surface area (Å²) >= 11 is 1.62. The number of aryl methyl sites for hydroxylation is 1. The van der Waals surface area contributed by atoms with Crippen molar-refractivity contribution in [3.63, 3.8) is 0 Å². The van der Waals surface area contributed by atoms with E-state index in [4.69, 9.17) is 4.52 Å². The van der Waals surface area contributed by atoms with Crippen LogP contribution in [0.3, 0.4) is 0 Å². The molecule has 0 radical (unpaired) electrons. The van der Waals surface area contributed by atoms with Crippen LogP contribution in [0.25, 0.3) is 10.6 Å². The summed E-state index contributed by atoms with van der Waals surface area (Å²) in [5.74, 6) is 1.97. The molecule has 0 atom stereocenters. The highest BCUT2D eigenvalue weighted by atomic mass is 32.1. The lowest BCUT2D eigenvalue weighted by atomic mass is 10.2. The fourth-order valence-electron chi connectivity index (χ4n) is 2.15. The first kappa shape index (κ1) is 16.4. The highest BCUT2D eigenvalue weighted by Gasteiger charge is 2.11. The van der Waals surface area contributed by atoms with E-state index in [0.717, 1.165) is 10.6 Å². The number of nitrogens with zero attached hydrogens (tertiary/aromatic N) is 3. The summed E-state index contributed by atoms with van der Waals surface area (Å²) in [6.45, 7) is 4.02. The highest BCUT2D eigenvalue weighted by molar-refractivity contribution is 7.13. The quantitative estimate of drug-likeness (QED) is 0.682. The second-order valence-electron chi connectivity index (χ2n) is 5.75. The molecule has 0 aliphatic carbocycles. The van der Waals surface area contributed by atoms with Gasteiger partial charge in [0.2, 0.25) is 11.8 Å². The van der Waals surface area contributed by atoms with Gasteiger partial charge in [-0.25, -0.2) is 0 Å². The summed E-state index contributed by atoms with van der Waals surface area (Å²) in [6.07, 6.45) is 1.61. The van der Waals surface area contributed by atoms with E-state index in [1.54, 1.807) is 11.3 Å². The summed E-state index contributed by atoms with van der Waals surface area (Å²) in [5.41, 5.74) is 0.896. The van der Waals surface area contributed by atoms with Crippen LogP contribution in [0.2, 0.25) is 0 Å². The molecule has 1 amide bonds. The monoisotopic (exact) mass is 345 g/mol. The topological polar surface area (TPSA) is 96.7 Å². The molecule has 126 valence electrons. The summed E-state index contributed by atoms with van der Waals surface area (Å²) in [7, 11) is 0. The Morgan fingerprint density at radius 3 is 3.04 bits per heavy atom. The lowest BCUT2D eigenvalue weighted by Crippen LogP contribution is -2.11. The Morgan fingerprint density at radius 2 is 2.33 bits per heavy atom. The van der Waals surface area contributed by atoms with Gasteiger partial charge in [-0.3, -0.25) is 9.89 Å². The maximum Gasteiger partial charge on any atom is 0.226 e. The van der Waals surface area contributed by atoms with Gasteiger partial charge in [0.1, 0.15) is 0 Å². The predicted molar refractivity (Wildman–Crippen MR) is 91.9 cm³/mol. The van der Waals surface area contributed by atoms with Gasteiger partial charge in [0.25, 0.3) is 0 Å². The van der Waals surface area contributed by atoms with E-state index in [1.807, 2.05) is 37.4 Å². The van der Waals surface area contributed by atoms with E-state index in [0.29, 0.717) is 36.8 Å². The van der Waals surface area contributed by atoms with Crippen molar-refractivity contribution in [2.75, 3.05) is 5.32 Å². The lowest BCUT2D eigenvalue weighted by Gasteiger charge is -2.00. The Labute approximate surface area is 143 Å². The molecular weight excluding hydrogens is 326 g/mol.